The van der Waals surface area contributed by atoms with Crippen LogP contribution in [0.1, 0.15) is 18.9 Å². The fourth-order valence-corrected chi connectivity index (χ4v) is 3.77. The Balaban J connectivity index is 1.70. The van der Waals surface area contributed by atoms with Gasteiger partial charge in [0.1, 0.15) is 5.75 Å². The van der Waals surface area contributed by atoms with Crippen molar-refractivity contribution in [1.29, 1.82) is 0 Å². The maximum Gasteiger partial charge on any atom is 0.271 e. The highest BCUT2D eigenvalue weighted by atomic mass is 32.2. The van der Waals surface area contributed by atoms with Crippen LogP contribution in [0, 0.1) is 0 Å². The molecule has 1 heterocycles. The highest BCUT2D eigenvalue weighted by molar-refractivity contribution is 7.91. The highest BCUT2D eigenvalue weighted by Crippen LogP contribution is 2.12. The normalized spacial score (nSPS) is 20.1. The molecule has 1 aromatic carbocycles. The van der Waals surface area contributed by atoms with Gasteiger partial charge in [-0.3, -0.25) is 10.2 Å². The molecule has 1 atom stereocenters. The lowest BCUT2D eigenvalue weighted by Gasteiger charge is -2.12. The minimum Gasteiger partial charge on any atom is -0.484 e. The van der Waals surface area contributed by atoms with Gasteiger partial charge in [-0.25, -0.2) is 13.8 Å². The molecule has 0 saturated carbocycles. The van der Waals surface area contributed by atoms with Crippen molar-refractivity contribution < 1.29 is 17.9 Å². The predicted molar refractivity (Wildman–Crippen MR) is 79.7 cm³/mol. The van der Waals surface area contributed by atoms with E-state index in [9.17, 15) is 13.2 Å². The van der Waals surface area contributed by atoms with Crippen LogP contribution in [0.25, 0.3) is 0 Å². The Morgan fingerprint density at radius 1 is 1.33 bits per heavy atom. The van der Waals surface area contributed by atoms with Crippen molar-refractivity contribution in [2.24, 2.45) is 0 Å². The van der Waals surface area contributed by atoms with E-state index in [0.29, 0.717) is 12.2 Å². The molecule has 1 aliphatic rings. The van der Waals surface area contributed by atoms with Gasteiger partial charge in [-0.15, -0.1) is 0 Å². The zero-order valence-corrected chi connectivity index (χ0v) is 12.8. The summed E-state index contributed by atoms with van der Waals surface area (Å²) in [7, 11) is -2.95. The number of amides is 1. The van der Waals surface area contributed by atoms with Crippen molar-refractivity contribution in [3.8, 4) is 5.75 Å². The van der Waals surface area contributed by atoms with Gasteiger partial charge in [-0.2, -0.15) is 0 Å². The van der Waals surface area contributed by atoms with E-state index in [4.69, 9.17) is 4.74 Å². The van der Waals surface area contributed by atoms with Gasteiger partial charge < -0.3 is 4.74 Å². The molecule has 0 radical (unpaired) electrons. The van der Waals surface area contributed by atoms with E-state index in [-0.39, 0.29) is 30.1 Å². The summed E-state index contributed by atoms with van der Waals surface area (Å²) in [5.41, 5.74) is 6.41. The molecular formula is C14H20N2O4S. The Hall–Kier alpha value is -1.60. The first-order valence-electron chi connectivity index (χ1n) is 6.95. The summed E-state index contributed by atoms with van der Waals surface area (Å²) in [4.78, 5) is 11.6. The molecule has 6 nitrogen and oxygen atoms in total. The van der Waals surface area contributed by atoms with Crippen LogP contribution in [0.2, 0.25) is 0 Å². The number of hydrogen-bond donors (Lipinski definition) is 2. The number of ether oxygens (including phenoxy) is 1. The molecule has 7 heteroatoms. The van der Waals surface area contributed by atoms with Crippen molar-refractivity contribution in [1.82, 2.24) is 10.9 Å². The van der Waals surface area contributed by atoms with Crippen molar-refractivity contribution in [3.05, 3.63) is 29.8 Å². The molecule has 0 aliphatic carbocycles. The molecule has 1 saturated heterocycles. The molecule has 21 heavy (non-hydrogen) atoms. The topological polar surface area (TPSA) is 84.5 Å². The van der Waals surface area contributed by atoms with E-state index in [1.165, 1.54) is 5.56 Å². The second-order valence-corrected chi connectivity index (χ2v) is 7.31. The smallest absolute Gasteiger partial charge is 0.271 e. The predicted octanol–water partition coefficient (Wildman–Crippen LogP) is 0.436. The highest BCUT2D eigenvalue weighted by Gasteiger charge is 2.27. The van der Waals surface area contributed by atoms with Gasteiger partial charge in [0.15, 0.2) is 16.4 Å². The zero-order chi connectivity index (χ0) is 15.3. The molecule has 1 aromatic rings. The Morgan fingerprint density at radius 3 is 2.62 bits per heavy atom. The van der Waals surface area contributed by atoms with Crippen molar-refractivity contribution >= 4 is 15.7 Å². The van der Waals surface area contributed by atoms with E-state index in [1.54, 1.807) is 0 Å². The van der Waals surface area contributed by atoms with E-state index in [1.807, 2.05) is 24.3 Å². The molecule has 0 bridgehead atoms. The Morgan fingerprint density at radius 2 is 2.05 bits per heavy atom. The van der Waals surface area contributed by atoms with Gasteiger partial charge >= 0.3 is 0 Å². The summed E-state index contributed by atoms with van der Waals surface area (Å²) in [6.45, 7) is 1.95. The number of nitrogens with one attached hydrogen (secondary N) is 2. The first-order valence-corrected chi connectivity index (χ1v) is 8.77. The molecule has 2 rings (SSSR count). The van der Waals surface area contributed by atoms with E-state index < -0.39 is 9.84 Å². The SMILES string of the molecule is CCc1ccc(OCC(=O)NN[C@@H]2CCS(=O)(=O)C2)cc1. The summed E-state index contributed by atoms with van der Waals surface area (Å²) in [6.07, 6.45) is 1.47. The van der Waals surface area contributed by atoms with Crippen LogP contribution in [0.3, 0.4) is 0 Å². The van der Waals surface area contributed by atoms with E-state index in [2.05, 4.69) is 17.8 Å². The first kappa shape index (κ1) is 15.8. The lowest BCUT2D eigenvalue weighted by Crippen LogP contribution is -2.46. The van der Waals surface area contributed by atoms with Gasteiger partial charge in [0, 0.05) is 6.04 Å². The fraction of sp³-hybridized carbons (Fsp3) is 0.500. The molecule has 1 amide bonds. The minimum absolute atomic E-state index is 0.0621. The third kappa shape index (κ3) is 5.02. The van der Waals surface area contributed by atoms with Crippen LogP contribution in [-0.2, 0) is 21.1 Å². The average molecular weight is 312 g/mol. The van der Waals surface area contributed by atoms with Crippen LogP contribution in [-0.4, -0.2) is 38.5 Å². The van der Waals surface area contributed by atoms with E-state index in [0.717, 1.165) is 6.42 Å². The maximum atomic E-state index is 11.6. The summed E-state index contributed by atoms with van der Waals surface area (Å²) < 4.78 is 27.9. The monoisotopic (exact) mass is 312 g/mol. The number of carbonyl (C=O) groups excluding carboxylic acids is 1. The zero-order valence-electron chi connectivity index (χ0n) is 12.0. The second kappa shape index (κ2) is 6.91. The van der Waals surface area contributed by atoms with Crippen LogP contribution < -0.4 is 15.6 Å². The number of hydrazine groups is 1. The average Bonchev–Trinajstić information content (AvgIpc) is 2.83. The van der Waals surface area contributed by atoms with E-state index >= 15 is 0 Å². The molecule has 0 unspecified atom stereocenters. The molecule has 2 N–H and O–H groups in total. The number of aryl methyl sites for hydroxylation is 1. The van der Waals surface area contributed by atoms with Gasteiger partial charge in [0.05, 0.1) is 11.5 Å². The number of rotatable bonds is 6. The van der Waals surface area contributed by atoms with Gasteiger partial charge in [-0.1, -0.05) is 19.1 Å². The lowest BCUT2D eigenvalue weighted by atomic mass is 10.2. The number of carbonyl (C=O) groups is 1. The van der Waals surface area contributed by atoms with Crippen LogP contribution in [0.15, 0.2) is 24.3 Å². The van der Waals surface area contributed by atoms with Crippen molar-refractivity contribution in [2.75, 3.05) is 18.1 Å². The van der Waals surface area contributed by atoms with Crippen LogP contribution >= 0.6 is 0 Å². The Bertz CT molecular complexity index is 583. The molecule has 116 valence electrons. The molecule has 1 aliphatic heterocycles. The number of hydrogen-bond acceptors (Lipinski definition) is 5. The van der Waals surface area contributed by atoms with Crippen LogP contribution in [0.5, 0.6) is 5.75 Å². The largest absolute Gasteiger partial charge is 0.484 e. The second-order valence-electron chi connectivity index (χ2n) is 5.08. The molecule has 1 fully saturated rings. The number of sulfone groups is 1. The molecule has 0 spiro atoms. The number of benzene rings is 1. The first-order chi connectivity index (χ1) is 9.98. The Kier molecular flexibility index (Phi) is 5.19. The quantitative estimate of drug-likeness (QED) is 0.745. The minimum atomic E-state index is -2.95. The van der Waals surface area contributed by atoms with Gasteiger partial charge in [-0.05, 0) is 30.5 Å². The summed E-state index contributed by atoms with van der Waals surface area (Å²) in [6, 6.07) is 7.33. The lowest BCUT2D eigenvalue weighted by molar-refractivity contribution is -0.124. The summed E-state index contributed by atoms with van der Waals surface area (Å²) in [5.74, 6) is 0.526. The standard InChI is InChI=1S/C14H20N2O4S/c1-2-11-3-5-13(6-4-11)20-9-14(17)16-15-12-7-8-21(18,19)10-12/h3-6,12,15H,2,7-10H2,1H3,(H,16,17)/t12-/m1/s1. The Labute approximate surface area is 124 Å². The maximum absolute atomic E-state index is 11.6. The molecule has 0 aromatic heterocycles. The van der Waals surface area contributed by atoms with Crippen molar-refractivity contribution in [2.45, 2.75) is 25.8 Å². The third-order valence-corrected chi connectivity index (χ3v) is 5.12. The van der Waals surface area contributed by atoms with Gasteiger partial charge in [0.25, 0.3) is 5.91 Å². The van der Waals surface area contributed by atoms with Gasteiger partial charge in [0.2, 0.25) is 0 Å². The third-order valence-electron chi connectivity index (χ3n) is 3.35. The molecular weight excluding hydrogens is 292 g/mol. The fourth-order valence-electron chi connectivity index (χ4n) is 2.10. The van der Waals surface area contributed by atoms with Crippen LogP contribution in [0.4, 0.5) is 0 Å². The summed E-state index contributed by atoms with van der Waals surface area (Å²) >= 11 is 0. The van der Waals surface area contributed by atoms with Crippen molar-refractivity contribution in [3.63, 3.8) is 0 Å². The summed E-state index contributed by atoms with van der Waals surface area (Å²) in [5, 5.41) is 0.